The van der Waals surface area contributed by atoms with Crippen molar-refractivity contribution in [2.45, 2.75) is 0 Å². The fourth-order valence-corrected chi connectivity index (χ4v) is 1.97. The fraction of sp³-hybridized carbons (Fsp3) is 0. The number of fused-ring (bicyclic) bond motifs is 1. The van der Waals surface area contributed by atoms with Crippen LogP contribution in [0.1, 0.15) is 0 Å². The molecule has 0 saturated carbocycles. The van der Waals surface area contributed by atoms with Crippen molar-refractivity contribution in [2.24, 2.45) is 0 Å². The van der Waals surface area contributed by atoms with Crippen LogP contribution in [0.4, 0.5) is 4.39 Å². The van der Waals surface area contributed by atoms with Crippen LogP contribution in [0.15, 0.2) is 47.3 Å². The van der Waals surface area contributed by atoms with Gasteiger partial charge < -0.3 is 0 Å². The van der Waals surface area contributed by atoms with Crippen LogP contribution in [0.25, 0.3) is 17.0 Å². The topological polar surface area (TPSA) is 30.2 Å². The minimum atomic E-state index is -0.270. The molecule has 3 rings (SSSR count). The first-order chi connectivity index (χ1) is 8.22. The summed E-state index contributed by atoms with van der Waals surface area (Å²) in [6.07, 6.45) is 5.36. The standard InChI is InChI=1S/C12H7BrFN3/c13-9-5-15-12-16-11(7-17(12)6-9)8-2-1-3-10(14)4-8/h1-7H. The maximum Gasteiger partial charge on any atom is 0.234 e. The number of rotatable bonds is 1. The molecule has 0 aliphatic heterocycles. The van der Waals surface area contributed by atoms with Gasteiger partial charge in [0.25, 0.3) is 0 Å². The highest BCUT2D eigenvalue weighted by molar-refractivity contribution is 9.10. The molecule has 0 unspecified atom stereocenters. The Morgan fingerprint density at radius 2 is 2.12 bits per heavy atom. The average Bonchev–Trinajstić information content (AvgIpc) is 2.72. The molecule has 3 aromatic rings. The zero-order chi connectivity index (χ0) is 11.8. The largest absolute Gasteiger partial charge is 0.289 e. The number of hydrogen-bond donors (Lipinski definition) is 0. The smallest absolute Gasteiger partial charge is 0.234 e. The lowest BCUT2D eigenvalue weighted by Gasteiger charge is -1.94. The first-order valence-electron chi connectivity index (χ1n) is 4.98. The molecule has 0 aliphatic rings. The number of hydrogen-bond acceptors (Lipinski definition) is 2. The van der Waals surface area contributed by atoms with Gasteiger partial charge in [-0.05, 0) is 28.1 Å². The first kappa shape index (κ1) is 10.4. The molecule has 0 N–H and O–H groups in total. The number of benzene rings is 1. The molecule has 1 aromatic carbocycles. The van der Waals surface area contributed by atoms with Gasteiger partial charge in [0.15, 0.2) is 0 Å². The molecule has 2 heterocycles. The van der Waals surface area contributed by atoms with E-state index in [4.69, 9.17) is 0 Å². The van der Waals surface area contributed by atoms with Crippen LogP contribution in [0.3, 0.4) is 0 Å². The molecule has 5 heteroatoms. The van der Waals surface area contributed by atoms with Crippen molar-refractivity contribution in [3.63, 3.8) is 0 Å². The Bertz CT molecular complexity index is 693. The Morgan fingerprint density at radius 1 is 1.24 bits per heavy atom. The van der Waals surface area contributed by atoms with Gasteiger partial charge in [0, 0.05) is 24.2 Å². The van der Waals surface area contributed by atoms with Crippen LogP contribution in [-0.2, 0) is 0 Å². The Balaban J connectivity index is 2.18. The molecule has 0 bridgehead atoms. The van der Waals surface area contributed by atoms with Crippen LogP contribution in [0, 0.1) is 5.82 Å². The second-order valence-corrected chi connectivity index (χ2v) is 4.53. The van der Waals surface area contributed by atoms with Crippen LogP contribution in [0.2, 0.25) is 0 Å². The summed E-state index contributed by atoms with van der Waals surface area (Å²) in [5.41, 5.74) is 1.45. The Kier molecular flexibility index (Phi) is 2.40. The van der Waals surface area contributed by atoms with E-state index in [1.807, 2.05) is 18.5 Å². The summed E-state index contributed by atoms with van der Waals surface area (Å²) in [5, 5.41) is 0. The maximum absolute atomic E-state index is 13.1. The van der Waals surface area contributed by atoms with Crippen molar-refractivity contribution in [3.05, 3.63) is 53.1 Å². The second-order valence-electron chi connectivity index (χ2n) is 3.62. The number of imidazole rings is 1. The molecule has 0 fully saturated rings. The van der Waals surface area contributed by atoms with E-state index in [0.717, 1.165) is 10.0 Å². The van der Waals surface area contributed by atoms with Crippen LogP contribution >= 0.6 is 15.9 Å². The molecule has 0 radical (unpaired) electrons. The summed E-state index contributed by atoms with van der Waals surface area (Å²) in [4.78, 5) is 8.49. The van der Waals surface area contributed by atoms with E-state index in [-0.39, 0.29) is 5.82 Å². The Labute approximate surface area is 105 Å². The quantitative estimate of drug-likeness (QED) is 0.689. The van der Waals surface area contributed by atoms with E-state index >= 15 is 0 Å². The minimum Gasteiger partial charge on any atom is -0.289 e. The van der Waals surface area contributed by atoms with E-state index in [1.54, 1.807) is 16.7 Å². The van der Waals surface area contributed by atoms with Gasteiger partial charge in [-0.25, -0.2) is 14.4 Å². The van der Waals surface area contributed by atoms with Gasteiger partial charge in [-0.3, -0.25) is 4.40 Å². The van der Waals surface area contributed by atoms with Crippen molar-refractivity contribution in [2.75, 3.05) is 0 Å². The molecule has 0 aliphatic carbocycles. The van der Waals surface area contributed by atoms with Crippen molar-refractivity contribution in [1.29, 1.82) is 0 Å². The molecule has 0 atom stereocenters. The summed E-state index contributed by atoms with van der Waals surface area (Å²) >= 11 is 3.34. The Hall–Kier alpha value is -1.75. The van der Waals surface area contributed by atoms with E-state index in [0.29, 0.717) is 11.5 Å². The predicted octanol–water partition coefficient (Wildman–Crippen LogP) is 3.30. The first-order valence-corrected chi connectivity index (χ1v) is 5.78. The van der Waals surface area contributed by atoms with Gasteiger partial charge >= 0.3 is 0 Å². The number of halogens is 2. The summed E-state index contributed by atoms with van der Waals surface area (Å²) in [5.74, 6) is 0.321. The molecular formula is C12H7BrFN3. The number of aromatic nitrogens is 3. The van der Waals surface area contributed by atoms with Gasteiger partial charge in [0.05, 0.1) is 10.2 Å². The lowest BCUT2D eigenvalue weighted by molar-refractivity contribution is 0.628. The highest BCUT2D eigenvalue weighted by Gasteiger charge is 2.06. The van der Waals surface area contributed by atoms with Gasteiger partial charge in [0.2, 0.25) is 5.78 Å². The molecular weight excluding hydrogens is 285 g/mol. The maximum atomic E-state index is 13.1. The van der Waals surface area contributed by atoms with Crippen molar-refractivity contribution >= 4 is 21.7 Å². The number of nitrogens with zero attached hydrogens (tertiary/aromatic N) is 3. The van der Waals surface area contributed by atoms with Gasteiger partial charge in [-0.1, -0.05) is 12.1 Å². The molecule has 0 saturated heterocycles. The van der Waals surface area contributed by atoms with Crippen molar-refractivity contribution in [3.8, 4) is 11.3 Å². The molecule has 0 amide bonds. The minimum absolute atomic E-state index is 0.270. The van der Waals surface area contributed by atoms with Crippen LogP contribution < -0.4 is 0 Å². The lowest BCUT2D eigenvalue weighted by atomic mass is 10.2. The van der Waals surface area contributed by atoms with Gasteiger partial charge in [0.1, 0.15) is 5.82 Å². The van der Waals surface area contributed by atoms with E-state index < -0.39 is 0 Å². The zero-order valence-electron chi connectivity index (χ0n) is 8.64. The van der Waals surface area contributed by atoms with Crippen molar-refractivity contribution < 1.29 is 4.39 Å². The summed E-state index contributed by atoms with van der Waals surface area (Å²) in [6, 6.07) is 6.35. The third-order valence-corrected chi connectivity index (χ3v) is 2.81. The SMILES string of the molecule is Fc1cccc(-c2cn3cc(Br)cnc3n2)c1. The third kappa shape index (κ3) is 1.93. The van der Waals surface area contributed by atoms with Gasteiger partial charge in [-0.15, -0.1) is 0 Å². The highest BCUT2D eigenvalue weighted by atomic mass is 79.9. The average molecular weight is 292 g/mol. The summed E-state index contributed by atoms with van der Waals surface area (Å²) < 4.78 is 15.8. The van der Waals surface area contributed by atoms with Crippen LogP contribution in [0.5, 0.6) is 0 Å². The predicted molar refractivity (Wildman–Crippen MR) is 66.1 cm³/mol. The zero-order valence-corrected chi connectivity index (χ0v) is 10.2. The highest BCUT2D eigenvalue weighted by Crippen LogP contribution is 2.20. The summed E-state index contributed by atoms with van der Waals surface area (Å²) in [6.45, 7) is 0. The van der Waals surface area contributed by atoms with E-state index in [1.165, 1.54) is 12.1 Å². The lowest BCUT2D eigenvalue weighted by Crippen LogP contribution is -1.85. The second kappa shape index (κ2) is 3.92. The molecule has 3 nitrogen and oxygen atoms in total. The third-order valence-electron chi connectivity index (χ3n) is 2.40. The Morgan fingerprint density at radius 3 is 2.94 bits per heavy atom. The molecule has 0 spiro atoms. The summed E-state index contributed by atoms with van der Waals surface area (Å²) in [7, 11) is 0. The molecule has 84 valence electrons. The van der Waals surface area contributed by atoms with Gasteiger partial charge in [-0.2, -0.15) is 0 Å². The molecule has 2 aromatic heterocycles. The molecule has 17 heavy (non-hydrogen) atoms. The normalized spacial score (nSPS) is 10.9. The van der Waals surface area contributed by atoms with Crippen molar-refractivity contribution in [1.82, 2.24) is 14.4 Å². The monoisotopic (exact) mass is 291 g/mol. The van der Waals surface area contributed by atoms with E-state index in [2.05, 4.69) is 25.9 Å². The van der Waals surface area contributed by atoms with Crippen LogP contribution in [-0.4, -0.2) is 14.4 Å². The van der Waals surface area contributed by atoms with E-state index in [9.17, 15) is 4.39 Å². The fourth-order valence-electron chi connectivity index (χ4n) is 1.65.